The number of ether oxygens (including phenoxy) is 1. The molecule has 1 N–H and O–H groups in total. The van der Waals surface area contributed by atoms with Crippen LogP contribution in [0.2, 0.25) is 0 Å². The first-order valence-electron chi connectivity index (χ1n) is 6.88. The second-order valence-corrected chi connectivity index (χ2v) is 5.99. The van der Waals surface area contributed by atoms with E-state index in [0.717, 1.165) is 36.2 Å². The molecule has 19 heavy (non-hydrogen) atoms. The highest BCUT2D eigenvalue weighted by atomic mass is 79.9. The molecule has 0 aliphatic carbocycles. The summed E-state index contributed by atoms with van der Waals surface area (Å²) in [6.45, 7) is 2.18. The first-order valence-corrected chi connectivity index (χ1v) is 7.67. The average molecular weight is 320 g/mol. The Kier molecular flexibility index (Phi) is 4.04. The lowest BCUT2D eigenvalue weighted by molar-refractivity contribution is 0.188. The third-order valence-electron chi connectivity index (χ3n) is 3.60. The van der Waals surface area contributed by atoms with Crippen molar-refractivity contribution in [3.63, 3.8) is 0 Å². The van der Waals surface area contributed by atoms with E-state index < -0.39 is 0 Å². The minimum absolute atomic E-state index is 0.350. The fraction of sp³-hybridized carbons (Fsp3) is 0.375. The molecule has 2 aromatic carbocycles. The summed E-state index contributed by atoms with van der Waals surface area (Å²) in [7, 11) is 0. The molecule has 0 amide bonds. The monoisotopic (exact) mass is 319 g/mol. The molecule has 1 saturated heterocycles. The molecule has 100 valence electrons. The lowest BCUT2D eigenvalue weighted by Gasteiger charge is -2.17. The fourth-order valence-electron chi connectivity index (χ4n) is 2.57. The summed E-state index contributed by atoms with van der Waals surface area (Å²) in [5.41, 5.74) is 0. The smallest absolute Gasteiger partial charge is 0.120 e. The molecule has 3 rings (SSSR count). The maximum atomic E-state index is 6.12. The van der Waals surface area contributed by atoms with E-state index in [1.807, 2.05) is 0 Å². The van der Waals surface area contributed by atoms with Gasteiger partial charge in [-0.3, -0.25) is 0 Å². The van der Waals surface area contributed by atoms with Crippen LogP contribution in [0.15, 0.2) is 40.9 Å². The lowest BCUT2D eigenvalue weighted by Crippen LogP contribution is -2.19. The number of halogens is 1. The van der Waals surface area contributed by atoms with E-state index in [2.05, 4.69) is 57.6 Å². The highest BCUT2D eigenvalue weighted by Crippen LogP contribution is 2.25. The van der Waals surface area contributed by atoms with E-state index in [-0.39, 0.29) is 0 Å². The summed E-state index contributed by atoms with van der Waals surface area (Å²) in [5, 5.41) is 5.88. The number of benzene rings is 2. The lowest BCUT2D eigenvalue weighted by atomic mass is 10.1. The van der Waals surface area contributed by atoms with E-state index in [4.69, 9.17) is 4.74 Å². The standard InChI is InChI=1S/C16H18BrNO/c17-14-5-3-13-11-16(6-4-12(13)10-14)19-15-2-1-8-18-9-7-15/h3-6,10-11,15,18H,1-2,7-9H2. The van der Waals surface area contributed by atoms with Gasteiger partial charge in [-0.1, -0.05) is 28.1 Å². The Morgan fingerprint density at radius 3 is 2.79 bits per heavy atom. The molecule has 1 unspecified atom stereocenters. The largest absolute Gasteiger partial charge is 0.490 e. The number of nitrogens with one attached hydrogen (secondary N) is 1. The van der Waals surface area contributed by atoms with Gasteiger partial charge in [0.05, 0.1) is 6.10 Å². The van der Waals surface area contributed by atoms with Crippen LogP contribution in [0.4, 0.5) is 0 Å². The Morgan fingerprint density at radius 2 is 1.84 bits per heavy atom. The zero-order chi connectivity index (χ0) is 13.1. The van der Waals surface area contributed by atoms with Gasteiger partial charge in [0.2, 0.25) is 0 Å². The highest BCUT2D eigenvalue weighted by molar-refractivity contribution is 9.10. The first kappa shape index (κ1) is 12.9. The van der Waals surface area contributed by atoms with Crippen LogP contribution in [-0.2, 0) is 0 Å². The summed E-state index contributed by atoms with van der Waals surface area (Å²) < 4.78 is 7.24. The normalized spacial score (nSPS) is 20.2. The Morgan fingerprint density at radius 1 is 1.00 bits per heavy atom. The zero-order valence-corrected chi connectivity index (χ0v) is 12.4. The van der Waals surface area contributed by atoms with E-state index in [1.165, 1.54) is 17.2 Å². The number of hydrogen-bond donors (Lipinski definition) is 1. The molecular formula is C16H18BrNO. The highest BCUT2D eigenvalue weighted by Gasteiger charge is 2.13. The average Bonchev–Trinajstić information content (AvgIpc) is 2.68. The van der Waals surface area contributed by atoms with Crippen LogP contribution in [0.5, 0.6) is 5.75 Å². The summed E-state index contributed by atoms with van der Waals surface area (Å²) >= 11 is 3.50. The Bertz CT molecular complexity index is 562. The molecule has 0 aromatic heterocycles. The molecule has 1 fully saturated rings. The second-order valence-electron chi connectivity index (χ2n) is 5.07. The van der Waals surface area contributed by atoms with Gasteiger partial charge < -0.3 is 10.1 Å². The van der Waals surface area contributed by atoms with Gasteiger partial charge in [-0.2, -0.15) is 0 Å². The number of hydrogen-bond acceptors (Lipinski definition) is 2. The molecule has 0 bridgehead atoms. The van der Waals surface area contributed by atoms with Crippen molar-refractivity contribution in [1.29, 1.82) is 0 Å². The van der Waals surface area contributed by atoms with Gasteiger partial charge in [-0.15, -0.1) is 0 Å². The minimum Gasteiger partial charge on any atom is -0.490 e. The van der Waals surface area contributed by atoms with Gasteiger partial charge >= 0.3 is 0 Å². The third kappa shape index (κ3) is 3.28. The molecular weight excluding hydrogens is 302 g/mol. The van der Waals surface area contributed by atoms with Crippen molar-refractivity contribution >= 4 is 26.7 Å². The third-order valence-corrected chi connectivity index (χ3v) is 4.09. The van der Waals surface area contributed by atoms with Gasteiger partial charge in [0, 0.05) is 4.47 Å². The van der Waals surface area contributed by atoms with Crippen LogP contribution in [0.1, 0.15) is 19.3 Å². The van der Waals surface area contributed by atoms with Crippen molar-refractivity contribution < 1.29 is 4.74 Å². The molecule has 3 heteroatoms. The molecule has 0 spiro atoms. The number of rotatable bonds is 2. The summed E-state index contributed by atoms with van der Waals surface area (Å²) in [6, 6.07) is 12.7. The SMILES string of the molecule is Brc1ccc2cc(OC3CCCNCC3)ccc2c1. The maximum Gasteiger partial charge on any atom is 0.120 e. The van der Waals surface area contributed by atoms with Crippen LogP contribution in [0, 0.1) is 0 Å². The van der Waals surface area contributed by atoms with Crippen molar-refractivity contribution in [1.82, 2.24) is 5.32 Å². The van der Waals surface area contributed by atoms with Crippen LogP contribution in [-0.4, -0.2) is 19.2 Å². The maximum absolute atomic E-state index is 6.12. The molecule has 2 aromatic rings. The van der Waals surface area contributed by atoms with Crippen LogP contribution < -0.4 is 10.1 Å². The molecule has 1 heterocycles. The summed E-state index contributed by atoms with van der Waals surface area (Å²) in [5.74, 6) is 0.988. The van der Waals surface area contributed by atoms with Gasteiger partial charge in [-0.05, 0) is 67.4 Å². The summed E-state index contributed by atoms with van der Waals surface area (Å²) in [4.78, 5) is 0. The molecule has 2 nitrogen and oxygen atoms in total. The van der Waals surface area contributed by atoms with Crippen molar-refractivity contribution in [3.8, 4) is 5.75 Å². The Balaban J connectivity index is 1.78. The van der Waals surface area contributed by atoms with E-state index in [0.29, 0.717) is 6.10 Å². The first-order chi connectivity index (χ1) is 9.31. The molecule has 1 aliphatic rings. The van der Waals surface area contributed by atoms with E-state index in [9.17, 15) is 0 Å². The number of fused-ring (bicyclic) bond motifs is 1. The quantitative estimate of drug-likeness (QED) is 0.898. The zero-order valence-electron chi connectivity index (χ0n) is 10.9. The summed E-state index contributed by atoms with van der Waals surface area (Å²) in [6.07, 6.45) is 3.79. The predicted molar refractivity (Wildman–Crippen MR) is 82.8 cm³/mol. The fourth-order valence-corrected chi connectivity index (χ4v) is 2.94. The Hall–Kier alpha value is -1.06. The van der Waals surface area contributed by atoms with Crippen LogP contribution >= 0.6 is 15.9 Å². The topological polar surface area (TPSA) is 21.3 Å². The predicted octanol–water partition coefficient (Wildman–Crippen LogP) is 4.12. The van der Waals surface area contributed by atoms with Crippen molar-refractivity contribution in [2.75, 3.05) is 13.1 Å². The van der Waals surface area contributed by atoms with Gasteiger partial charge in [0.25, 0.3) is 0 Å². The van der Waals surface area contributed by atoms with Crippen molar-refractivity contribution in [2.24, 2.45) is 0 Å². The molecule has 0 radical (unpaired) electrons. The van der Waals surface area contributed by atoms with Crippen LogP contribution in [0.3, 0.4) is 0 Å². The van der Waals surface area contributed by atoms with Crippen molar-refractivity contribution in [2.45, 2.75) is 25.4 Å². The molecule has 1 aliphatic heterocycles. The minimum atomic E-state index is 0.350. The molecule has 0 saturated carbocycles. The van der Waals surface area contributed by atoms with Gasteiger partial charge in [-0.25, -0.2) is 0 Å². The van der Waals surface area contributed by atoms with Gasteiger partial charge in [0.15, 0.2) is 0 Å². The second kappa shape index (κ2) is 5.93. The Labute approximate surface area is 122 Å². The van der Waals surface area contributed by atoms with Crippen molar-refractivity contribution in [3.05, 3.63) is 40.9 Å². The van der Waals surface area contributed by atoms with Crippen LogP contribution in [0.25, 0.3) is 10.8 Å². The van der Waals surface area contributed by atoms with E-state index in [1.54, 1.807) is 0 Å². The van der Waals surface area contributed by atoms with Gasteiger partial charge in [0.1, 0.15) is 5.75 Å². The van der Waals surface area contributed by atoms with E-state index >= 15 is 0 Å². The molecule has 1 atom stereocenters.